The summed E-state index contributed by atoms with van der Waals surface area (Å²) in [5.74, 6) is -0.269. The van der Waals surface area contributed by atoms with Crippen molar-refractivity contribution >= 4 is 11.8 Å². The van der Waals surface area contributed by atoms with Gasteiger partial charge in [0.05, 0.1) is 19.1 Å². The van der Waals surface area contributed by atoms with Gasteiger partial charge in [0.25, 0.3) is 0 Å². The molecule has 7 nitrogen and oxygen atoms in total. The van der Waals surface area contributed by atoms with E-state index >= 15 is 0 Å². The van der Waals surface area contributed by atoms with Crippen LogP contribution in [0.1, 0.15) is 66.9 Å². The van der Waals surface area contributed by atoms with Crippen molar-refractivity contribution in [2.24, 2.45) is 5.92 Å². The third-order valence-corrected chi connectivity index (χ3v) is 6.44. The summed E-state index contributed by atoms with van der Waals surface area (Å²) in [6.45, 7) is 13.8. The molecule has 0 bridgehead atoms. The third kappa shape index (κ3) is 7.30. The fourth-order valence-corrected chi connectivity index (χ4v) is 5.15. The van der Waals surface area contributed by atoms with Gasteiger partial charge in [0.2, 0.25) is 11.8 Å². The highest BCUT2D eigenvalue weighted by molar-refractivity contribution is 5.81. The first kappa shape index (κ1) is 26.9. The Morgan fingerprint density at radius 2 is 1.70 bits per heavy atom. The predicted molar refractivity (Wildman–Crippen MR) is 131 cm³/mol. The maximum absolute atomic E-state index is 13.1. The number of phenolic OH excluding ortho intramolecular Hbond substituents is 1. The summed E-state index contributed by atoms with van der Waals surface area (Å²) < 4.78 is 0. The van der Waals surface area contributed by atoms with Crippen molar-refractivity contribution in [2.75, 3.05) is 7.11 Å². The lowest BCUT2D eigenvalue weighted by molar-refractivity contribution is -0.267. The lowest BCUT2D eigenvalue weighted by Gasteiger charge is -2.53. The van der Waals surface area contributed by atoms with Crippen LogP contribution in [-0.2, 0) is 20.8 Å². The second-order valence-electron chi connectivity index (χ2n) is 10.5. The molecule has 0 aliphatic carbocycles. The number of amides is 2. The van der Waals surface area contributed by atoms with E-state index in [4.69, 9.17) is 4.84 Å². The number of phenols is 1. The van der Waals surface area contributed by atoms with E-state index in [-0.39, 0.29) is 46.6 Å². The summed E-state index contributed by atoms with van der Waals surface area (Å²) in [5.41, 5.74) is 1.48. The minimum absolute atomic E-state index is 0.0163. The SMILES string of the molecule is CON1C(C)(C)CC(NC(=O)[C@@H](C)/C(C)=C/[C@@H](Cc2ccc(O)cc2)NC(C)=O)CC1(C)C. The highest BCUT2D eigenvalue weighted by Gasteiger charge is 2.46. The van der Waals surface area contributed by atoms with E-state index in [2.05, 4.69) is 38.3 Å². The second kappa shape index (κ2) is 10.7. The Morgan fingerprint density at radius 1 is 1.15 bits per heavy atom. The highest BCUT2D eigenvalue weighted by Crippen LogP contribution is 2.38. The number of piperidine rings is 1. The maximum Gasteiger partial charge on any atom is 0.227 e. The van der Waals surface area contributed by atoms with Gasteiger partial charge in [-0.3, -0.25) is 9.59 Å². The molecular formula is C26H41N3O4. The van der Waals surface area contributed by atoms with Crippen LogP contribution >= 0.6 is 0 Å². The molecule has 1 aromatic carbocycles. The van der Waals surface area contributed by atoms with Crippen LogP contribution < -0.4 is 10.6 Å². The molecule has 184 valence electrons. The normalized spacial score (nSPS) is 20.7. The molecule has 1 aliphatic rings. The molecule has 7 heteroatoms. The smallest absolute Gasteiger partial charge is 0.227 e. The van der Waals surface area contributed by atoms with Crippen molar-refractivity contribution in [1.29, 1.82) is 0 Å². The monoisotopic (exact) mass is 459 g/mol. The minimum Gasteiger partial charge on any atom is -0.508 e. The van der Waals surface area contributed by atoms with Gasteiger partial charge in [0.15, 0.2) is 0 Å². The molecule has 2 amide bonds. The van der Waals surface area contributed by atoms with Crippen LogP contribution in [0.5, 0.6) is 5.75 Å². The molecule has 1 fully saturated rings. The van der Waals surface area contributed by atoms with Gasteiger partial charge in [-0.15, -0.1) is 0 Å². The van der Waals surface area contributed by atoms with E-state index in [1.807, 2.05) is 37.1 Å². The van der Waals surface area contributed by atoms with Crippen molar-refractivity contribution in [3.63, 3.8) is 0 Å². The minimum atomic E-state index is -0.326. The van der Waals surface area contributed by atoms with Gasteiger partial charge in [-0.05, 0) is 78.5 Å². The van der Waals surface area contributed by atoms with Crippen LogP contribution in [0.4, 0.5) is 0 Å². The fraction of sp³-hybridized carbons (Fsp3) is 0.615. The molecule has 2 rings (SSSR count). The number of carbonyl (C=O) groups excluding carboxylic acids is 2. The molecule has 1 aromatic rings. The van der Waals surface area contributed by atoms with E-state index in [9.17, 15) is 14.7 Å². The molecule has 0 unspecified atom stereocenters. The second-order valence-corrected chi connectivity index (χ2v) is 10.5. The third-order valence-electron chi connectivity index (χ3n) is 6.44. The summed E-state index contributed by atoms with van der Waals surface area (Å²) in [7, 11) is 1.70. The van der Waals surface area contributed by atoms with Gasteiger partial charge in [-0.25, -0.2) is 0 Å². The lowest BCUT2D eigenvalue weighted by atomic mass is 9.78. The number of carbonyl (C=O) groups is 2. The average molecular weight is 460 g/mol. The molecule has 3 N–H and O–H groups in total. The summed E-state index contributed by atoms with van der Waals surface area (Å²) >= 11 is 0. The molecule has 0 aromatic heterocycles. The van der Waals surface area contributed by atoms with Gasteiger partial charge in [-0.2, -0.15) is 5.06 Å². The largest absolute Gasteiger partial charge is 0.508 e. The van der Waals surface area contributed by atoms with Gasteiger partial charge >= 0.3 is 0 Å². The average Bonchev–Trinajstić information content (AvgIpc) is 2.66. The van der Waals surface area contributed by atoms with Crippen molar-refractivity contribution < 1.29 is 19.5 Å². The number of hydroxylamine groups is 2. The first-order valence-corrected chi connectivity index (χ1v) is 11.6. The molecular weight excluding hydrogens is 418 g/mol. The zero-order chi connectivity index (χ0) is 25.0. The van der Waals surface area contributed by atoms with Gasteiger partial charge < -0.3 is 20.6 Å². The van der Waals surface area contributed by atoms with Crippen LogP contribution in [-0.4, -0.2) is 52.3 Å². The van der Waals surface area contributed by atoms with Crippen LogP contribution in [0.25, 0.3) is 0 Å². The van der Waals surface area contributed by atoms with Gasteiger partial charge in [0, 0.05) is 24.0 Å². The number of nitrogens with one attached hydrogen (secondary N) is 2. The molecule has 2 atom stereocenters. The van der Waals surface area contributed by atoms with Crippen molar-refractivity contribution in [3.05, 3.63) is 41.5 Å². The van der Waals surface area contributed by atoms with Gasteiger partial charge in [-0.1, -0.05) is 23.8 Å². The number of rotatable bonds is 8. The van der Waals surface area contributed by atoms with E-state index in [1.54, 1.807) is 19.2 Å². The number of hydrogen-bond acceptors (Lipinski definition) is 5. The molecule has 1 aliphatic heterocycles. The standard InChI is InChI=1S/C26H41N3O4/c1-17(13-21(27-19(3)30)14-20-9-11-23(31)12-10-20)18(2)24(32)28-22-15-25(4,5)29(33-8)26(6,7)16-22/h9-13,18,21-22,31H,14-16H2,1-8H3,(H,27,30)(H,28,32)/b17-13+/t18-,21-/m0/s1. The summed E-state index contributed by atoms with van der Waals surface area (Å²) in [6, 6.07) is 6.73. The first-order valence-electron chi connectivity index (χ1n) is 11.6. The van der Waals surface area contributed by atoms with Gasteiger partial charge in [0.1, 0.15) is 5.75 Å². The number of aromatic hydroxyl groups is 1. The molecule has 1 heterocycles. The Kier molecular flexibility index (Phi) is 8.71. The zero-order valence-electron chi connectivity index (χ0n) is 21.4. The van der Waals surface area contributed by atoms with Crippen molar-refractivity contribution in [3.8, 4) is 5.75 Å². The van der Waals surface area contributed by atoms with E-state index in [0.29, 0.717) is 6.42 Å². The van der Waals surface area contributed by atoms with Crippen molar-refractivity contribution in [1.82, 2.24) is 15.7 Å². The van der Waals surface area contributed by atoms with E-state index in [0.717, 1.165) is 24.0 Å². The molecule has 0 radical (unpaired) electrons. The Bertz CT molecular complexity index is 843. The number of nitrogens with zero attached hydrogens (tertiary/aromatic N) is 1. The Hall–Kier alpha value is -2.38. The summed E-state index contributed by atoms with van der Waals surface area (Å²) in [5, 5.41) is 17.7. The predicted octanol–water partition coefficient (Wildman–Crippen LogP) is 3.72. The van der Waals surface area contributed by atoms with Crippen LogP contribution in [0.3, 0.4) is 0 Å². The van der Waals surface area contributed by atoms with Crippen LogP contribution in [0, 0.1) is 5.92 Å². The van der Waals surface area contributed by atoms with Crippen molar-refractivity contribution in [2.45, 2.75) is 90.9 Å². The molecule has 33 heavy (non-hydrogen) atoms. The number of hydrogen-bond donors (Lipinski definition) is 3. The Balaban J connectivity index is 2.10. The number of benzene rings is 1. The topological polar surface area (TPSA) is 90.9 Å². The van der Waals surface area contributed by atoms with Crippen LogP contribution in [0.2, 0.25) is 0 Å². The molecule has 0 saturated carbocycles. The molecule has 1 saturated heterocycles. The Morgan fingerprint density at radius 3 is 2.18 bits per heavy atom. The maximum atomic E-state index is 13.1. The summed E-state index contributed by atoms with van der Waals surface area (Å²) in [6.07, 6.45) is 4.12. The summed E-state index contributed by atoms with van der Waals surface area (Å²) in [4.78, 5) is 30.5. The first-order chi connectivity index (χ1) is 15.2. The molecule has 0 spiro atoms. The fourth-order valence-electron chi connectivity index (χ4n) is 5.15. The van der Waals surface area contributed by atoms with Crippen LogP contribution in [0.15, 0.2) is 35.9 Å². The highest BCUT2D eigenvalue weighted by atomic mass is 16.7. The van der Waals surface area contributed by atoms with E-state index in [1.165, 1.54) is 6.92 Å². The lowest BCUT2D eigenvalue weighted by Crippen LogP contribution is -2.63. The zero-order valence-corrected chi connectivity index (χ0v) is 21.4. The quantitative estimate of drug-likeness (QED) is 0.516. The van der Waals surface area contributed by atoms with E-state index < -0.39 is 0 Å². The Labute approximate surface area is 198 Å².